The highest BCUT2D eigenvalue weighted by atomic mass is 16.6. The summed E-state index contributed by atoms with van der Waals surface area (Å²) < 4.78 is 0. The molecule has 1 aromatic carbocycles. The number of nitrogen functional groups attached to an aromatic ring is 1. The highest BCUT2D eigenvalue weighted by Crippen LogP contribution is 2.36. The standard InChI is InChI=1S/C13H21N3O5/c1-2-10-8(3-4-17)5-11(15-6-9(19)7-18)13(12(10)14)16(20)21/h5,9,15,17-19H,2-4,6-7,14H2,1H3. The summed E-state index contributed by atoms with van der Waals surface area (Å²) in [5, 5.41) is 41.2. The number of aliphatic hydroxyl groups excluding tert-OH is 3. The van der Waals surface area contributed by atoms with Crippen LogP contribution in [0.2, 0.25) is 0 Å². The van der Waals surface area contributed by atoms with Gasteiger partial charge in [-0.05, 0) is 30.0 Å². The van der Waals surface area contributed by atoms with Gasteiger partial charge in [-0.15, -0.1) is 0 Å². The molecule has 0 saturated heterocycles. The number of anilines is 2. The fourth-order valence-corrected chi connectivity index (χ4v) is 2.18. The number of benzene rings is 1. The van der Waals surface area contributed by atoms with Gasteiger partial charge in [-0.3, -0.25) is 10.1 Å². The van der Waals surface area contributed by atoms with E-state index in [1.165, 1.54) is 0 Å². The zero-order chi connectivity index (χ0) is 16.0. The third kappa shape index (κ3) is 4.03. The Morgan fingerprint density at radius 1 is 1.48 bits per heavy atom. The lowest BCUT2D eigenvalue weighted by molar-refractivity contribution is -0.383. The van der Waals surface area contributed by atoms with Gasteiger partial charge >= 0.3 is 5.69 Å². The van der Waals surface area contributed by atoms with Crippen molar-refractivity contribution in [2.75, 3.05) is 30.8 Å². The molecule has 0 aliphatic carbocycles. The number of aliphatic hydroxyl groups is 3. The van der Waals surface area contributed by atoms with Crippen molar-refractivity contribution in [2.24, 2.45) is 0 Å². The van der Waals surface area contributed by atoms with E-state index in [-0.39, 0.29) is 30.2 Å². The van der Waals surface area contributed by atoms with Gasteiger partial charge in [0.2, 0.25) is 0 Å². The van der Waals surface area contributed by atoms with Crippen LogP contribution in [0.15, 0.2) is 6.07 Å². The first kappa shape index (κ1) is 17.2. The Bertz CT molecular complexity index is 507. The monoisotopic (exact) mass is 299 g/mol. The predicted molar refractivity (Wildman–Crippen MR) is 79.3 cm³/mol. The predicted octanol–water partition coefficient (Wildman–Crippen LogP) is 0.0393. The number of nitro benzene ring substituents is 1. The van der Waals surface area contributed by atoms with Crippen molar-refractivity contribution >= 4 is 17.1 Å². The van der Waals surface area contributed by atoms with E-state index >= 15 is 0 Å². The van der Waals surface area contributed by atoms with Gasteiger partial charge in [0.1, 0.15) is 11.4 Å². The van der Waals surface area contributed by atoms with Crippen molar-refractivity contribution < 1.29 is 20.2 Å². The van der Waals surface area contributed by atoms with E-state index in [1.807, 2.05) is 6.92 Å². The van der Waals surface area contributed by atoms with Crippen molar-refractivity contribution in [2.45, 2.75) is 25.9 Å². The summed E-state index contributed by atoms with van der Waals surface area (Å²) >= 11 is 0. The van der Waals surface area contributed by atoms with Crippen molar-refractivity contribution in [3.05, 3.63) is 27.3 Å². The van der Waals surface area contributed by atoms with Gasteiger partial charge in [-0.25, -0.2) is 0 Å². The number of hydrogen-bond acceptors (Lipinski definition) is 7. The molecule has 1 rings (SSSR count). The van der Waals surface area contributed by atoms with Gasteiger partial charge in [0.05, 0.1) is 17.6 Å². The molecule has 118 valence electrons. The minimum Gasteiger partial charge on any atom is -0.396 e. The third-order valence-electron chi connectivity index (χ3n) is 3.20. The highest BCUT2D eigenvalue weighted by molar-refractivity contribution is 5.79. The molecule has 1 unspecified atom stereocenters. The molecule has 1 aromatic rings. The van der Waals surface area contributed by atoms with Gasteiger partial charge in [-0.1, -0.05) is 6.92 Å². The fourth-order valence-electron chi connectivity index (χ4n) is 2.18. The number of rotatable bonds is 8. The van der Waals surface area contributed by atoms with Crippen molar-refractivity contribution in [1.29, 1.82) is 0 Å². The summed E-state index contributed by atoms with van der Waals surface area (Å²) in [7, 11) is 0. The maximum atomic E-state index is 11.2. The highest BCUT2D eigenvalue weighted by Gasteiger charge is 2.23. The lowest BCUT2D eigenvalue weighted by atomic mass is 9.98. The van der Waals surface area contributed by atoms with Crippen LogP contribution in [-0.2, 0) is 12.8 Å². The molecule has 0 aliphatic heterocycles. The second-order valence-electron chi connectivity index (χ2n) is 4.63. The minimum absolute atomic E-state index is 0.0409. The van der Waals surface area contributed by atoms with Crippen molar-refractivity contribution in [3.8, 4) is 0 Å². The molecule has 0 bridgehead atoms. The number of hydrogen-bond donors (Lipinski definition) is 5. The zero-order valence-corrected chi connectivity index (χ0v) is 11.9. The molecule has 8 nitrogen and oxygen atoms in total. The Labute approximate surface area is 122 Å². The molecule has 0 aliphatic rings. The van der Waals surface area contributed by atoms with E-state index in [1.54, 1.807) is 6.07 Å². The molecule has 0 radical (unpaired) electrons. The van der Waals surface area contributed by atoms with Gasteiger partial charge in [0.15, 0.2) is 0 Å². The molecule has 1 atom stereocenters. The van der Waals surface area contributed by atoms with Crippen LogP contribution < -0.4 is 11.1 Å². The number of nitro groups is 1. The van der Waals surface area contributed by atoms with E-state index in [9.17, 15) is 15.2 Å². The van der Waals surface area contributed by atoms with Gasteiger partial charge < -0.3 is 26.4 Å². The van der Waals surface area contributed by atoms with E-state index < -0.39 is 17.6 Å². The Kier molecular flexibility index (Phi) is 6.35. The first-order valence-electron chi connectivity index (χ1n) is 6.68. The van der Waals surface area contributed by atoms with Crippen molar-refractivity contribution in [1.82, 2.24) is 0 Å². The largest absolute Gasteiger partial charge is 0.396 e. The smallest absolute Gasteiger partial charge is 0.315 e. The first-order chi connectivity index (χ1) is 9.96. The van der Waals surface area contributed by atoms with Crippen LogP contribution in [0.3, 0.4) is 0 Å². The van der Waals surface area contributed by atoms with Gasteiger partial charge in [0.25, 0.3) is 0 Å². The van der Waals surface area contributed by atoms with Gasteiger partial charge in [0, 0.05) is 13.2 Å². The van der Waals surface area contributed by atoms with E-state index in [0.29, 0.717) is 18.4 Å². The molecule has 0 spiro atoms. The first-order valence-corrected chi connectivity index (χ1v) is 6.68. The number of nitrogens with one attached hydrogen (secondary N) is 1. The van der Waals surface area contributed by atoms with Crippen LogP contribution >= 0.6 is 0 Å². The molecule has 21 heavy (non-hydrogen) atoms. The Morgan fingerprint density at radius 2 is 2.14 bits per heavy atom. The SMILES string of the molecule is CCc1c(CCO)cc(NCC(O)CO)c([N+](=O)[O-])c1N. The summed E-state index contributed by atoms with van der Waals surface area (Å²) in [5.74, 6) is 0. The fraction of sp³-hybridized carbons (Fsp3) is 0.538. The average molecular weight is 299 g/mol. The quantitative estimate of drug-likeness (QED) is 0.259. The molecule has 0 aromatic heterocycles. The van der Waals surface area contributed by atoms with E-state index in [0.717, 1.165) is 5.56 Å². The Balaban J connectivity index is 3.28. The second-order valence-corrected chi connectivity index (χ2v) is 4.63. The van der Waals surface area contributed by atoms with Crippen molar-refractivity contribution in [3.63, 3.8) is 0 Å². The van der Waals surface area contributed by atoms with Crippen LogP contribution in [0.25, 0.3) is 0 Å². The second kappa shape index (κ2) is 7.77. The minimum atomic E-state index is -1.03. The van der Waals surface area contributed by atoms with E-state index in [4.69, 9.17) is 15.9 Å². The normalized spacial score (nSPS) is 12.2. The number of nitrogens with two attached hydrogens (primary N) is 1. The van der Waals surface area contributed by atoms with Crippen LogP contribution in [-0.4, -0.2) is 46.1 Å². The molecular formula is C13H21N3O5. The molecule has 0 heterocycles. The van der Waals surface area contributed by atoms with Crippen LogP contribution in [0, 0.1) is 10.1 Å². The molecule has 0 amide bonds. The van der Waals surface area contributed by atoms with Crippen LogP contribution in [0.1, 0.15) is 18.1 Å². The van der Waals surface area contributed by atoms with Gasteiger partial charge in [-0.2, -0.15) is 0 Å². The summed E-state index contributed by atoms with van der Waals surface area (Å²) in [6.45, 7) is 1.25. The molecule has 0 saturated carbocycles. The summed E-state index contributed by atoms with van der Waals surface area (Å²) in [6, 6.07) is 1.56. The van der Waals surface area contributed by atoms with E-state index in [2.05, 4.69) is 5.32 Å². The third-order valence-corrected chi connectivity index (χ3v) is 3.20. The maximum Gasteiger partial charge on any atom is 0.315 e. The zero-order valence-electron chi connectivity index (χ0n) is 11.9. The molecule has 6 N–H and O–H groups in total. The average Bonchev–Trinajstić information content (AvgIpc) is 2.44. The van der Waals surface area contributed by atoms with Crippen LogP contribution in [0.5, 0.6) is 0 Å². The Morgan fingerprint density at radius 3 is 2.62 bits per heavy atom. The summed E-state index contributed by atoms with van der Waals surface area (Å²) in [4.78, 5) is 10.6. The summed E-state index contributed by atoms with van der Waals surface area (Å²) in [5.41, 5.74) is 7.24. The summed E-state index contributed by atoms with van der Waals surface area (Å²) in [6.07, 6.45) is -0.178. The van der Waals surface area contributed by atoms with Crippen LogP contribution in [0.4, 0.5) is 17.1 Å². The number of nitrogens with zero attached hydrogens (tertiary/aromatic N) is 1. The lowest BCUT2D eigenvalue weighted by Crippen LogP contribution is -2.23. The topological polar surface area (TPSA) is 142 Å². The molecular weight excluding hydrogens is 278 g/mol. The molecule has 0 fully saturated rings. The lowest BCUT2D eigenvalue weighted by Gasteiger charge is -2.16. The maximum absolute atomic E-state index is 11.2. The Hall–Kier alpha value is -1.90. The molecule has 8 heteroatoms.